The van der Waals surface area contributed by atoms with Crippen molar-refractivity contribution in [1.29, 1.82) is 0 Å². The first kappa shape index (κ1) is 23.5. The van der Waals surface area contributed by atoms with Gasteiger partial charge in [-0.1, -0.05) is 68.1 Å². The third-order valence-corrected chi connectivity index (χ3v) is 6.22. The fourth-order valence-electron chi connectivity index (χ4n) is 4.73. The molecule has 0 amide bonds. The zero-order valence-electron chi connectivity index (χ0n) is 19.0. The van der Waals surface area contributed by atoms with E-state index in [9.17, 15) is 8.78 Å². The van der Waals surface area contributed by atoms with E-state index < -0.39 is 6.43 Å². The summed E-state index contributed by atoms with van der Waals surface area (Å²) in [7, 11) is 0. The van der Waals surface area contributed by atoms with Crippen molar-refractivity contribution < 1.29 is 13.9 Å². The molecule has 5 rings (SSSR count). The van der Waals surface area contributed by atoms with Crippen LogP contribution in [-0.4, -0.2) is 15.1 Å². The molecular formula is C28H27F2N3O. The van der Waals surface area contributed by atoms with Gasteiger partial charge in [-0.25, -0.2) is 13.8 Å². The van der Waals surface area contributed by atoms with Crippen molar-refractivity contribution in [2.45, 2.75) is 31.7 Å². The number of rotatable bonds is 4. The molecule has 0 aliphatic heterocycles. The Kier molecular flexibility index (Phi) is 6.70. The predicted octanol–water partition coefficient (Wildman–Crippen LogP) is 7.17. The first-order valence-electron chi connectivity index (χ1n) is 11.1. The van der Waals surface area contributed by atoms with Crippen molar-refractivity contribution in [2.24, 2.45) is 11.7 Å². The van der Waals surface area contributed by atoms with E-state index in [2.05, 4.69) is 30.6 Å². The molecule has 4 aromatic rings. The van der Waals surface area contributed by atoms with Gasteiger partial charge in [0.25, 0.3) is 6.43 Å². The summed E-state index contributed by atoms with van der Waals surface area (Å²) in [5.41, 5.74) is 11.1. The predicted molar refractivity (Wildman–Crippen MR) is 132 cm³/mol. The fourth-order valence-corrected chi connectivity index (χ4v) is 4.73. The minimum atomic E-state index is -2.66. The second-order valence-electron chi connectivity index (χ2n) is 8.74. The number of pyridine rings is 2. The largest absolute Gasteiger partial charge is 0.516 e. The first-order valence-corrected chi connectivity index (χ1v) is 11.1. The van der Waals surface area contributed by atoms with Crippen LogP contribution in [-0.2, 0) is 5.54 Å². The Morgan fingerprint density at radius 2 is 1.71 bits per heavy atom. The van der Waals surface area contributed by atoms with Crippen LogP contribution < -0.4 is 5.73 Å². The molecule has 2 aromatic carbocycles. The van der Waals surface area contributed by atoms with E-state index in [4.69, 9.17) is 15.8 Å². The van der Waals surface area contributed by atoms with Crippen LogP contribution >= 0.6 is 0 Å². The monoisotopic (exact) mass is 459 g/mol. The summed E-state index contributed by atoms with van der Waals surface area (Å²) in [6, 6.07) is 21.4. The number of benzene rings is 2. The van der Waals surface area contributed by atoms with Crippen LogP contribution in [0.3, 0.4) is 0 Å². The smallest absolute Gasteiger partial charge is 0.281 e. The second kappa shape index (κ2) is 9.69. The summed E-state index contributed by atoms with van der Waals surface area (Å²) in [6.45, 7) is 5.13. The van der Waals surface area contributed by atoms with Crippen LogP contribution in [0.2, 0.25) is 0 Å². The number of hydrogen-bond acceptors (Lipinski definition) is 4. The van der Waals surface area contributed by atoms with E-state index in [1.807, 2.05) is 42.5 Å². The van der Waals surface area contributed by atoms with E-state index in [0.717, 1.165) is 47.1 Å². The first-order chi connectivity index (χ1) is 16.4. The third kappa shape index (κ3) is 4.54. The number of aliphatic hydroxyl groups is 1. The van der Waals surface area contributed by atoms with Gasteiger partial charge in [0.15, 0.2) is 0 Å². The molecule has 174 valence electrons. The Labute approximate surface area is 197 Å². The molecule has 2 aromatic heterocycles. The number of alkyl halides is 2. The summed E-state index contributed by atoms with van der Waals surface area (Å²) >= 11 is 0. The van der Waals surface area contributed by atoms with Crippen LogP contribution in [0.15, 0.2) is 85.8 Å². The number of fused-ring (bicyclic) bond motifs is 1. The number of halogens is 2. The SMILES string of the molecule is C=CO.CC1CC(N)(c2ccc(-c3nc4ccnc(C(F)F)c4cc3-c3ccccc3)cc2)C1. The van der Waals surface area contributed by atoms with E-state index in [0.29, 0.717) is 16.8 Å². The summed E-state index contributed by atoms with van der Waals surface area (Å²) in [5.74, 6) is 0.647. The molecule has 4 nitrogen and oxygen atoms in total. The third-order valence-electron chi connectivity index (χ3n) is 6.22. The highest BCUT2D eigenvalue weighted by Crippen LogP contribution is 2.44. The Morgan fingerprint density at radius 1 is 1.06 bits per heavy atom. The summed E-state index contributed by atoms with van der Waals surface area (Å²) in [6.07, 6.45) is 1.45. The highest BCUT2D eigenvalue weighted by atomic mass is 19.3. The van der Waals surface area contributed by atoms with Crippen LogP contribution in [0.5, 0.6) is 0 Å². The number of aromatic nitrogens is 2. The van der Waals surface area contributed by atoms with Crippen molar-refractivity contribution in [3.05, 3.63) is 97.0 Å². The van der Waals surface area contributed by atoms with Gasteiger partial charge in [0, 0.05) is 28.2 Å². The van der Waals surface area contributed by atoms with Crippen molar-refractivity contribution in [3.63, 3.8) is 0 Å². The van der Waals surface area contributed by atoms with Crippen molar-refractivity contribution in [2.75, 3.05) is 0 Å². The van der Waals surface area contributed by atoms with Crippen LogP contribution in [0.4, 0.5) is 8.78 Å². The Hall–Kier alpha value is -3.64. The molecule has 34 heavy (non-hydrogen) atoms. The molecular weight excluding hydrogens is 432 g/mol. The van der Waals surface area contributed by atoms with Crippen LogP contribution in [0.1, 0.15) is 37.4 Å². The quantitative estimate of drug-likeness (QED) is 0.317. The van der Waals surface area contributed by atoms with E-state index >= 15 is 0 Å². The Bertz CT molecular complexity index is 1280. The second-order valence-corrected chi connectivity index (χ2v) is 8.74. The van der Waals surface area contributed by atoms with Gasteiger partial charge in [-0.05, 0) is 42.0 Å². The summed E-state index contributed by atoms with van der Waals surface area (Å²) in [4.78, 5) is 8.70. The number of nitrogens with two attached hydrogens (primary N) is 1. The van der Waals surface area contributed by atoms with E-state index in [1.165, 1.54) is 6.20 Å². The zero-order chi connectivity index (χ0) is 24.3. The molecule has 0 atom stereocenters. The zero-order valence-corrected chi connectivity index (χ0v) is 19.0. The lowest BCUT2D eigenvalue weighted by Gasteiger charge is -2.44. The maximum atomic E-state index is 13.6. The van der Waals surface area contributed by atoms with Crippen LogP contribution in [0, 0.1) is 5.92 Å². The number of aliphatic hydroxyl groups excluding tert-OH is 1. The van der Waals surface area contributed by atoms with Gasteiger partial charge in [0.05, 0.1) is 17.5 Å². The summed E-state index contributed by atoms with van der Waals surface area (Å²) in [5, 5.41) is 7.71. The molecule has 1 aliphatic carbocycles. The normalized spacial score (nSPS) is 19.3. The minimum absolute atomic E-state index is 0.242. The molecule has 0 radical (unpaired) electrons. The van der Waals surface area contributed by atoms with E-state index in [1.54, 1.807) is 12.1 Å². The molecule has 6 heteroatoms. The number of nitrogens with zero attached hydrogens (tertiary/aromatic N) is 2. The van der Waals surface area contributed by atoms with Gasteiger partial charge in [0.1, 0.15) is 5.69 Å². The molecule has 3 N–H and O–H groups in total. The highest BCUT2D eigenvalue weighted by Gasteiger charge is 2.39. The molecule has 2 heterocycles. The topological polar surface area (TPSA) is 72.0 Å². The van der Waals surface area contributed by atoms with Gasteiger partial charge in [-0.2, -0.15) is 0 Å². The Morgan fingerprint density at radius 3 is 2.29 bits per heavy atom. The highest BCUT2D eigenvalue weighted by molar-refractivity contribution is 5.92. The molecule has 1 fully saturated rings. The Balaban J connectivity index is 0.000000868. The molecule has 0 unspecified atom stereocenters. The van der Waals surface area contributed by atoms with E-state index in [-0.39, 0.29) is 11.2 Å². The van der Waals surface area contributed by atoms with Gasteiger partial charge in [-0.15, -0.1) is 0 Å². The van der Waals surface area contributed by atoms with Gasteiger partial charge < -0.3 is 10.8 Å². The minimum Gasteiger partial charge on any atom is -0.516 e. The van der Waals surface area contributed by atoms with Crippen molar-refractivity contribution in [1.82, 2.24) is 9.97 Å². The molecule has 0 saturated heterocycles. The molecule has 1 saturated carbocycles. The fraction of sp³-hybridized carbons (Fsp3) is 0.214. The number of hydrogen-bond donors (Lipinski definition) is 2. The van der Waals surface area contributed by atoms with Crippen molar-refractivity contribution >= 4 is 10.9 Å². The van der Waals surface area contributed by atoms with Gasteiger partial charge in [-0.3, -0.25) is 4.98 Å². The summed E-state index contributed by atoms with van der Waals surface area (Å²) < 4.78 is 27.2. The lowest BCUT2D eigenvalue weighted by atomic mass is 9.66. The average Bonchev–Trinajstić information content (AvgIpc) is 2.83. The molecule has 0 bridgehead atoms. The molecule has 0 spiro atoms. The maximum Gasteiger partial charge on any atom is 0.281 e. The lowest BCUT2D eigenvalue weighted by molar-refractivity contribution is 0.148. The van der Waals surface area contributed by atoms with Gasteiger partial charge in [0.2, 0.25) is 0 Å². The maximum absolute atomic E-state index is 13.6. The van der Waals surface area contributed by atoms with Crippen molar-refractivity contribution in [3.8, 4) is 22.4 Å². The standard InChI is InChI=1S/C26H23F2N3.C2H4O/c1-16-14-26(29,15-16)19-9-7-18(8-10-19)23-20(17-5-3-2-4-6-17)13-21-22(31-23)11-12-30-24(21)25(27)28;1-2-3/h2-13,16,25H,14-15,29H2,1H3;2-3H,1H2. The average molecular weight is 460 g/mol. The van der Waals surface area contributed by atoms with Gasteiger partial charge >= 0.3 is 0 Å². The van der Waals surface area contributed by atoms with Crippen LogP contribution in [0.25, 0.3) is 33.3 Å². The molecule has 1 aliphatic rings. The lowest BCUT2D eigenvalue weighted by Crippen LogP contribution is -2.47.